The van der Waals surface area contributed by atoms with Gasteiger partial charge in [0.1, 0.15) is 18.2 Å². The van der Waals surface area contributed by atoms with Gasteiger partial charge >= 0.3 is 6.61 Å². The zero-order valence-electron chi connectivity index (χ0n) is 20.7. The molecule has 9 nitrogen and oxygen atoms in total. The number of allylic oxidation sites excluding steroid dienone is 2. The average Bonchev–Trinajstić information content (AvgIpc) is 3.38. The minimum absolute atomic E-state index is 0.0241. The van der Waals surface area contributed by atoms with Crippen LogP contribution in [0.15, 0.2) is 58.9 Å². The maximum atomic E-state index is 14.8. The first-order valence-corrected chi connectivity index (χ1v) is 12.7. The van der Waals surface area contributed by atoms with E-state index in [1.807, 2.05) is 12.2 Å². The number of carbonyl (C=O) groups excluding carboxylic acids is 1. The molecule has 0 saturated carbocycles. The molecule has 2 aromatic heterocycles. The summed E-state index contributed by atoms with van der Waals surface area (Å²) in [6.45, 7) is -1.57. The van der Waals surface area contributed by atoms with Gasteiger partial charge in [0.05, 0.1) is 23.4 Å². The van der Waals surface area contributed by atoms with Gasteiger partial charge in [-0.1, -0.05) is 23.3 Å². The van der Waals surface area contributed by atoms with E-state index in [-0.39, 0.29) is 40.2 Å². The number of aromatic nitrogens is 3. The molecular weight excluding hydrogens is 535 g/mol. The van der Waals surface area contributed by atoms with Crippen LogP contribution in [0, 0.1) is 12.7 Å². The van der Waals surface area contributed by atoms with Gasteiger partial charge in [0.15, 0.2) is 0 Å². The zero-order valence-corrected chi connectivity index (χ0v) is 21.6. The van der Waals surface area contributed by atoms with Crippen LogP contribution in [0.5, 0.6) is 10.9 Å². The van der Waals surface area contributed by atoms with Crippen molar-refractivity contribution in [3.05, 3.63) is 71.0 Å². The second-order valence-corrected chi connectivity index (χ2v) is 9.24. The number of nitrogens with zero attached hydrogens (tertiary/aromatic N) is 4. The van der Waals surface area contributed by atoms with E-state index in [0.29, 0.717) is 11.4 Å². The second kappa shape index (κ2) is 13.1. The molecule has 3 heterocycles. The highest BCUT2D eigenvalue weighted by atomic mass is 32.1. The summed E-state index contributed by atoms with van der Waals surface area (Å²) in [7, 11) is 0. The Labute approximate surface area is 225 Å². The smallest absolute Gasteiger partial charge is 0.387 e. The maximum absolute atomic E-state index is 14.8. The van der Waals surface area contributed by atoms with Crippen molar-refractivity contribution in [1.29, 1.82) is 0 Å². The highest BCUT2D eigenvalue weighted by Crippen LogP contribution is 2.36. The predicted molar refractivity (Wildman–Crippen MR) is 140 cm³/mol. The summed E-state index contributed by atoms with van der Waals surface area (Å²) in [5.41, 5.74) is 1.45. The standard InChI is InChI=1S/C26H24F3N5O4S/c1-15-10-18(22-20(27)8-5-9-21(22)38-24(28)29)19(12-30-15)23(36)32-25-33-34-26(39-25)37-14-17-7-4-2-3-6-16(13-35)11-31-17/h5-12,24,35H,2-4,13-14H2,1H3,(H,32,33,36)/b16-6-,17-7?,31-11?. The lowest BCUT2D eigenvalue weighted by Crippen LogP contribution is -2.14. The van der Waals surface area contributed by atoms with Crippen molar-refractivity contribution in [3.63, 3.8) is 0 Å². The van der Waals surface area contributed by atoms with Crippen LogP contribution < -0.4 is 14.8 Å². The molecule has 2 N–H and O–H groups in total. The first-order valence-electron chi connectivity index (χ1n) is 11.8. The van der Waals surface area contributed by atoms with Crippen molar-refractivity contribution in [2.45, 2.75) is 32.8 Å². The Morgan fingerprint density at radius 3 is 2.85 bits per heavy atom. The van der Waals surface area contributed by atoms with Crippen LogP contribution in [0.4, 0.5) is 18.3 Å². The van der Waals surface area contributed by atoms with Crippen LogP contribution in [0.3, 0.4) is 0 Å². The molecule has 1 aliphatic rings. The van der Waals surface area contributed by atoms with Crippen LogP contribution in [0.2, 0.25) is 0 Å². The number of hydrogen-bond acceptors (Lipinski definition) is 9. The topological polar surface area (TPSA) is 119 Å². The van der Waals surface area contributed by atoms with Gasteiger partial charge in [0.25, 0.3) is 11.1 Å². The third kappa shape index (κ3) is 7.48. The quantitative estimate of drug-likeness (QED) is 0.363. The highest BCUT2D eigenvalue weighted by molar-refractivity contribution is 7.17. The number of aryl methyl sites for hydroxylation is 1. The molecule has 3 aromatic rings. The Bertz CT molecular complexity index is 1420. The normalized spacial score (nSPS) is 15.0. The number of anilines is 1. The number of hydrogen-bond donors (Lipinski definition) is 2. The third-order valence-electron chi connectivity index (χ3n) is 5.49. The van der Waals surface area contributed by atoms with E-state index < -0.39 is 24.1 Å². The molecule has 0 radical (unpaired) electrons. The number of pyridine rings is 1. The number of aliphatic imine (C=N–C) groups is 1. The van der Waals surface area contributed by atoms with Crippen LogP contribution >= 0.6 is 11.3 Å². The summed E-state index contributed by atoms with van der Waals surface area (Å²) in [4.78, 5) is 21.6. The lowest BCUT2D eigenvalue weighted by molar-refractivity contribution is -0.0495. The molecule has 1 aromatic carbocycles. The predicted octanol–water partition coefficient (Wildman–Crippen LogP) is 5.34. The fourth-order valence-electron chi connectivity index (χ4n) is 3.67. The highest BCUT2D eigenvalue weighted by Gasteiger charge is 2.23. The summed E-state index contributed by atoms with van der Waals surface area (Å²) in [5, 5.41) is 20.0. The Morgan fingerprint density at radius 2 is 2.05 bits per heavy atom. The van der Waals surface area contributed by atoms with E-state index in [2.05, 4.69) is 30.2 Å². The number of aliphatic hydroxyl groups is 1. The molecule has 204 valence electrons. The van der Waals surface area contributed by atoms with Gasteiger partial charge in [0, 0.05) is 23.7 Å². The first kappa shape index (κ1) is 27.9. The molecule has 0 spiro atoms. The number of aliphatic hydroxyl groups excluding tert-OH is 1. The van der Waals surface area contributed by atoms with Crippen LogP contribution in [-0.2, 0) is 0 Å². The van der Waals surface area contributed by atoms with E-state index in [4.69, 9.17) is 4.74 Å². The monoisotopic (exact) mass is 559 g/mol. The Kier molecular flexibility index (Phi) is 9.39. The lowest BCUT2D eigenvalue weighted by atomic mass is 9.98. The van der Waals surface area contributed by atoms with E-state index in [9.17, 15) is 23.1 Å². The number of ether oxygens (including phenoxy) is 2. The number of carbonyl (C=O) groups is 1. The van der Waals surface area contributed by atoms with Gasteiger partial charge in [-0.05, 0) is 61.3 Å². The minimum Gasteiger partial charge on any atom is -0.462 e. The Balaban J connectivity index is 1.50. The van der Waals surface area contributed by atoms with Crippen LogP contribution in [0.25, 0.3) is 11.1 Å². The summed E-state index contributed by atoms with van der Waals surface area (Å²) >= 11 is 0.957. The number of nitrogens with one attached hydrogen (secondary N) is 1. The van der Waals surface area contributed by atoms with Gasteiger partial charge in [-0.25, -0.2) is 4.39 Å². The van der Waals surface area contributed by atoms with Gasteiger partial charge in [-0.15, -0.1) is 5.10 Å². The summed E-state index contributed by atoms with van der Waals surface area (Å²) in [6, 6.07) is 4.91. The van der Waals surface area contributed by atoms with Crippen molar-refractivity contribution in [3.8, 4) is 22.1 Å². The molecule has 0 bridgehead atoms. The van der Waals surface area contributed by atoms with Crippen LogP contribution in [0.1, 0.15) is 35.3 Å². The van der Waals surface area contributed by atoms with E-state index >= 15 is 0 Å². The summed E-state index contributed by atoms with van der Waals surface area (Å²) in [5.74, 6) is -1.97. The largest absolute Gasteiger partial charge is 0.462 e. The minimum atomic E-state index is -3.19. The van der Waals surface area contributed by atoms with Gasteiger partial charge in [0.2, 0.25) is 5.13 Å². The van der Waals surface area contributed by atoms with E-state index in [0.717, 1.165) is 42.2 Å². The Hall–Kier alpha value is -4.10. The molecule has 1 aliphatic heterocycles. The van der Waals surface area contributed by atoms with Gasteiger partial charge in [-0.2, -0.15) is 8.78 Å². The summed E-state index contributed by atoms with van der Waals surface area (Å²) in [6.07, 6.45) is 9.22. The third-order valence-corrected chi connectivity index (χ3v) is 6.24. The maximum Gasteiger partial charge on any atom is 0.387 e. The lowest BCUT2D eigenvalue weighted by Gasteiger charge is -2.15. The number of rotatable bonds is 9. The van der Waals surface area contributed by atoms with Crippen molar-refractivity contribution >= 4 is 28.6 Å². The molecular formula is C26H24F3N5O4S. The Morgan fingerprint density at radius 1 is 1.23 bits per heavy atom. The van der Waals surface area contributed by atoms with Crippen molar-refractivity contribution < 1.29 is 32.5 Å². The molecule has 13 heteroatoms. The average molecular weight is 560 g/mol. The molecule has 0 saturated heterocycles. The molecule has 1 amide bonds. The van der Waals surface area contributed by atoms with Crippen LogP contribution in [-0.4, -0.2) is 52.2 Å². The first-order chi connectivity index (χ1) is 18.8. The zero-order chi connectivity index (χ0) is 27.8. The van der Waals surface area contributed by atoms with E-state index in [1.54, 1.807) is 13.1 Å². The number of amides is 1. The van der Waals surface area contributed by atoms with Crippen molar-refractivity contribution in [2.24, 2.45) is 4.99 Å². The SMILES string of the molecule is Cc1cc(-c2c(F)cccc2OC(F)F)c(C(=O)Nc2nnc(OCC3=CCCC/C=C(\CO)C=N3)s2)cn1. The van der Waals surface area contributed by atoms with Gasteiger partial charge < -0.3 is 14.6 Å². The molecule has 0 atom stereocenters. The molecule has 0 aliphatic carbocycles. The molecule has 39 heavy (non-hydrogen) atoms. The van der Waals surface area contributed by atoms with Gasteiger partial charge in [-0.3, -0.25) is 20.1 Å². The van der Waals surface area contributed by atoms with Crippen molar-refractivity contribution in [2.75, 3.05) is 18.5 Å². The molecule has 4 rings (SSSR count). The second-order valence-electron chi connectivity index (χ2n) is 8.30. The number of benzene rings is 1. The summed E-state index contributed by atoms with van der Waals surface area (Å²) < 4.78 is 50.9. The fraction of sp³-hybridized carbons (Fsp3) is 0.269. The van der Waals surface area contributed by atoms with Crippen molar-refractivity contribution in [1.82, 2.24) is 15.2 Å². The number of alkyl halides is 2. The van der Waals surface area contributed by atoms with E-state index in [1.165, 1.54) is 24.4 Å². The number of halogens is 3. The fourth-order valence-corrected chi connectivity index (χ4v) is 4.26. The molecule has 0 unspecified atom stereocenters. The molecule has 0 fully saturated rings.